The van der Waals surface area contributed by atoms with E-state index in [1.165, 1.54) is 0 Å². The Morgan fingerprint density at radius 3 is 2.80 bits per heavy atom. The van der Waals surface area contributed by atoms with Gasteiger partial charge in [0.2, 0.25) is 0 Å². The van der Waals surface area contributed by atoms with Crippen LogP contribution in [0, 0.1) is 0 Å². The molecule has 0 aromatic carbocycles. The number of carbonyl (C=O) groups is 1. The Balaban J connectivity index is 3.04. The van der Waals surface area contributed by atoms with E-state index in [0.29, 0.717) is 18.1 Å². The topological polar surface area (TPSA) is 72.3 Å². The van der Waals surface area contributed by atoms with Gasteiger partial charge in [0.15, 0.2) is 0 Å². The predicted octanol–water partition coefficient (Wildman–Crippen LogP) is 0.985. The number of rotatable bonds is 4. The van der Waals surface area contributed by atoms with Crippen LogP contribution < -0.4 is 0 Å². The van der Waals surface area contributed by atoms with Gasteiger partial charge in [0, 0.05) is 13.3 Å². The normalized spacial score (nSPS) is 11.4. The monoisotopic (exact) mass is 210 g/mol. The van der Waals surface area contributed by atoms with Gasteiger partial charge in [-0.05, 0) is 19.9 Å². The largest absolute Gasteiger partial charge is 0.481 e. The van der Waals surface area contributed by atoms with Crippen molar-refractivity contribution < 1.29 is 14.6 Å². The molecule has 1 rings (SSSR count). The van der Waals surface area contributed by atoms with Crippen LogP contribution in [0.2, 0.25) is 0 Å². The number of carboxylic acids is 1. The van der Waals surface area contributed by atoms with Gasteiger partial charge in [0.05, 0.1) is 12.3 Å². The first-order valence-corrected chi connectivity index (χ1v) is 4.53. The lowest BCUT2D eigenvalue weighted by Gasteiger charge is -2.17. The van der Waals surface area contributed by atoms with Crippen molar-refractivity contribution in [1.82, 2.24) is 9.97 Å². The first kappa shape index (κ1) is 11.6. The zero-order valence-electron chi connectivity index (χ0n) is 9.02. The molecule has 0 aliphatic rings. The van der Waals surface area contributed by atoms with Gasteiger partial charge in [0.25, 0.3) is 0 Å². The average Bonchev–Trinajstić information content (AvgIpc) is 2.18. The Morgan fingerprint density at radius 2 is 2.27 bits per heavy atom. The molecule has 0 saturated heterocycles. The van der Waals surface area contributed by atoms with E-state index in [4.69, 9.17) is 9.84 Å². The maximum Gasteiger partial charge on any atom is 0.316 e. The molecule has 0 amide bonds. The summed E-state index contributed by atoms with van der Waals surface area (Å²) in [6, 6.07) is 1.70. The lowest BCUT2D eigenvalue weighted by Crippen LogP contribution is -2.31. The molecule has 0 bridgehead atoms. The van der Waals surface area contributed by atoms with E-state index in [1.807, 2.05) is 0 Å². The number of hydrogen-bond acceptors (Lipinski definition) is 4. The fourth-order valence-electron chi connectivity index (χ4n) is 1.02. The molecule has 82 valence electrons. The Hall–Kier alpha value is -1.49. The fourth-order valence-corrected chi connectivity index (χ4v) is 1.02. The van der Waals surface area contributed by atoms with Crippen molar-refractivity contribution in [3.8, 4) is 0 Å². The highest BCUT2D eigenvalue weighted by atomic mass is 16.5. The summed E-state index contributed by atoms with van der Waals surface area (Å²) >= 11 is 0. The SMILES string of the molecule is COCc1ccnc(C(C)(C)C(=O)O)n1. The van der Waals surface area contributed by atoms with Gasteiger partial charge in [-0.25, -0.2) is 9.97 Å². The molecule has 0 unspecified atom stereocenters. The second kappa shape index (κ2) is 4.35. The third-order valence-electron chi connectivity index (χ3n) is 2.10. The standard InChI is InChI=1S/C10H14N2O3/c1-10(2,9(13)14)8-11-5-4-7(12-8)6-15-3/h4-5H,6H2,1-3H3,(H,13,14). The number of nitrogens with zero attached hydrogens (tertiary/aromatic N) is 2. The zero-order chi connectivity index (χ0) is 11.5. The summed E-state index contributed by atoms with van der Waals surface area (Å²) in [5, 5.41) is 9.00. The Labute approximate surface area is 88.1 Å². The van der Waals surface area contributed by atoms with Crippen LogP contribution in [0.15, 0.2) is 12.3 Å². The minimum atomic E-state index is -1.08. The van der Waals surface area contributed by atoms with Crippen LogP contribution in [-0.4, -0.2) is 28.2 Å². The first-order chi connectivity index (χ1) is 6.98. The summed E-state index contributed by atoms with van der Waals surface area (Å²) in [6.07, 6.45) is 1.54. The minimum absolute atomic E-state index is 0.296. The summed E-state index contributed by atoms with van der Waals surface area (Å²) in [5.74, 6) is -0.651. The summed E-state index contributed by atoms with van der Waals surface area (Å²) in [6.45, 7) is 3.49. The maximum absolute atomic E-state index is 11.0. The summed E-state index contributed by atoms with van der Waals surface area (Å²) in [4.78, 5) is 19.1. The zero-order valence-corrected chi connectivity index (χ0v) is 9.02. The van der Waals surface area contributed by atoms with Crippen LogP contribution >= 0.6 is 0 Å². The van der Waals surface area contributed by atoms with Crippen LogP contribution in [0.5, 0.6) is 0 Å². The molecule has 0 aliphatic heterocycles. The summed E-state index contributed by atoms with van der Waals surface area (Å²) in [5.41, 5.74) is -0.402. The number of ether oxygens (including phenoxy) is 1. The van der Waals surface area contributed by atoms with Gasteiger partial charge in [-0.2, -0.15) is 0 Å². The quantitative estimate of drug-likeness (QED) is 0.802. The number of aromatic nitrogens is 2. The van der Waals surface area contributed by atoms with Crippen molar-refractivity contribution in [2.75, 3.05) is 7.11 Å². The first-order valence-electron chi connectivity index (χ1n) is 4.53. The van der Waals surface area contributed by atoms with Crippen LogP contribution in [0.3, 0.4) is 0 Å². The molecule has 1 N–H and O–H groups in total. The molecule has 15 heavy (non-hydrogen) atoms. The summed E-state index contributed by atoms with van der Waals surface area (Å²) < 4.78 is 4.92. The number of carboxylic acid groups (broad SMARTS) is 1. The molecule has 0 aliphatic carbocycles. The molecule has 0 fully saturated rings. The van der Waals surface area contributed by atoms with Crippen molar-refractivity contribution in [2.45, 2.75) is 25.9 Å². The highest BCUT2D eigenvalue weighted by Crippen LogP contribution is 2.19. The lowest BCUT2D eigenvalue weighted by molar-refractivity contribution is -0.142. The smallest absolute Gasteiger partial charge is 0.316 e. The molecule has 5 nitrogen and oxygen atoms in total. The maximum atomic E-state index is 11.0. The molecule has 0 radical (unpaired) electrons. The van der Waals surface area contributed by atoms with Crippen molar-refractivity contribution in [3.05, 3.63) is 23.8 Å². The average molecular weight is 210 g/mol. The van der Waals surface area contributed by atoms with Crippen molar-refractivity contribution in [2.24, 2.45) is 0 Å². The molecule has 1 heterocycles. The molecule has 1 aromatic heterocycles. The highest BCUT2D eigenvalue weighted by Gasteiger charge is 2.32. The van der Waals surface area contributed by atoms with E-state index >= 15 is 0 Å². The van der Waals surface area contributed by atoms with Crippen molar-refractivity contribution in [3.63, 3.8) is 0 Å². The van der Waals surface area contributed by atoms with Crippen molar-refractivity contribution >= 4 is 5.97 Å². The van der Waals surface area contributed by atoms with E-state index in [9.17, 15) is 4.79 Å². The summed E-state index contributed by atoms with van der Waals surface area (Å²) in [7, 11) is 1.56. The van der Waals surface area contributed by atoms with Gasteiger partial charge in [0.1, 0.15) is 11.2 Å². The van der Waals surface area contributed by atoms with Crippen LogP contribution in [0.25, 0.3) is 0 Å². The van der Waals surface area contributed by atoms with Crippen molar-refractivity contribution in [1.29, 1.82) is 0 Å². The Kier molecular flexibility index (Phi) is 3.36. The van der Waals surface area contributed by atoms with E-state index in [2.05, 4.69) is 9.97 Å². The van der Waals surface area contributed by atoms with Gasteiger partial charge in [-0.1, -0.05) is 0 Å². The molecular formula is C10H14N2O3. The second-order valence-corrected chi connectivity index (χ2v) is 3.73. The number of aliphatic carboxylic acids is 1. The van der Waals surface area contributed by atoms with Crippen LogP contribution in [0.1, 0.15) is 25.4 Å². The second-order valence-electron chi connectivity index (χ2n) is 3.73. The molecule has 0 saturated carbocycles. The van der Waals surface area contributed by atoms with Crippen LogP contribution in [-0.2, 0) is 21.6 Å². The minimum Gasteiger partial charge on any atom is -0.481 e. The van der Waals surface area contributed by atoms with E-state index in [0.717, 1.165) is 0 Å². The molecule has 1 aromatic rings. The molecule has 0 atom stereocenters. The van der Waals surface area contributed by atoms with Crippen LogP contribution in [0.4, 0.5) is 0 Å². The lowest BCUT2D eigenvalue weighted by atomic mass is 9.93. The molecule has 5 heteroatoms. The fraction of sp³-hybridized carbons (Fsp3) is 0.500. The number of hydrogen-bond donors (Lipinski definition) is 1. The van der Waals surface area contributed by atoms with Gasteiger partial charge < -0.3 is 9.84 Å². The third-order valence-corrected chi connectivity index (χ3v) is 2.10. The number of methoxy groups -OCH3 is 1. The predicted molar refractivity (Wildman–Crippen MR) is 53.4 cm³/mol. The van der Waals surface area contributed by atoms with E-state index in [-0.39, 0.29) is 0 Å². The third kappa shape index (κ3) is 2.50. The van der Waals surface area contributed by atoms with Gasteiger partial charge in [-0.3, -0.25) is 4.79 Å². The van der Waals surface area contributed by atoms with Gasteiger partial charge in [-0.15, -0.1) is 0 Å². The van der Waals surface area contributed by atoms with E-state index in [1.54, 1.807) is 33.2 Å². The molecular weight excluding hydrogens is 196 g/mol. The Bertz CT molecular complexity index is 363. The highest BCUT2D eigenvalue weighted by molar-refractivity contribution is 5.78. The Morgan fingerprint density at radius 1 is 1.60 bits per heavy atom. The molecule has 0 spiro atoms. The van der Waals surface area contributed by atoms with Gasteiger partial charge >= 0.3 is 5.97 Å². The van der Waals surface area contributed by atoms with E-state index < -0.39 is 11.4 Å².